The molecule has 4 nitrogen and oxygen atoms in total. The molecule has 1 aliphatic rings. The minimum Gasteiger partial charge on any atom is -0.493 e. The van der Waals surface area contributed by atoms with Crippen LogP contribution in [0.5, 0.6) is 5.75 Å². The van der Waals surface area contributed by atoms with Crippen molar-refractivity contribution in [2.75, 3.05) is 19.9 Å². The Bertz CT molecular complexity index is 556. The third kappa shape index (κ3) is 3.33. The van der Waals surface area contributed by atoms with E-state index in [1.54, 1.807) is 6.92 Å². The third-order valence-corrected chi connectivity index (χ3v) is 5.91. The second kappa shape index (κ2) is 6.14. The molecule has 0 aromatic heterocycles. The molecule has 5 heteroatoms. The van der Waals surface area contributed by atoms with Gasteiger partial charge in [-0.05, 0) is 44.4 Å². The average molecular weight is 297 g/mol. The number of rotatable bonds is 5. The quantitative estimate of drug-likeness (QED) is 0.903. The molecule has 112 valence electrons. The van der Waals surface area contributed by atoms with E-state index in [-0.39, 0.29) is 11.3 Å². The zero-order valence-electron chi connectivity index (χ0n) is 12.3. The molecule has 20 heavy (non-hydrogen) atoms. The van der Waals surface area contributed by atoms with Crippen molar-refractivity contribution in [2.45, 2.75) is 37.0 Å². The first-order valence-corrected chi connectivity index (χ1v) is 8.96. The first-order valence-electron chi connectivity index (χ1n) is 7.01. The van der Waals surface area contributed by atoms with Gasteiger partial charge < -0.3 is 10.1 Å². The molecule has 0 radical (unpaired) electrons. The highest BCUT2D eigenvalue weighted by molar-refractivity contribution is 7.91. The van der Waals surface area contributed by atoms with Crippen LogP contribution in [0.3, 0.4) is 0 Å². The molecule has 0 saturated heterocycles. The summed E-state index contributed by atoms with van der Waals surface area (Å²) in [6.07, 6.45) is 3.05. The van der Waals surface area contributed by atoms with Crippen LogP contribution in [0.4, 0.5) is 0 Å². The molecule has 3 unspecified atom stereocenters. The molecule has 1 heterocycles. The summed E-state index contributed by atoms with van der Waals surface area (Å²) >= 11 is 0. The molecule has 0 aliphatic carbocycles. The summed E-state index contributed by atoms with van der Waals surface area (Å²) < 4.78 is 29.2. The normalized spacial score (nSPS) is 21.6. The van der Waals surface area contributed by atoms with Gasteiger partial charge in [0.1, 0.15) is 5.75 Å². The topological polar surface area (TPSA) is 55.4 Å². The lowest BCUT2D eigenvalue weighted by molar-refractivity contribution is 0.255. The minimum atomic E-state index is -3.04. The van der Waals surface area contributed by atoms with Crippen LogP contribution < -0.4 is 10.1 Å². The fourth-order valence-electron chi connectivity index (χ4n) is 2.81. The molecule has 1 aromatic carbocycles. The van der Waals surface area contributed by atoms with Gasteiger partial charge in [0.05, 0.1) is 11.9 Å². The van der Waals surface area contributed by atoms with Crippen molar-refractivity contribution >= 4 is 9.84 Å². The van der Waals surface area contributed by atoms with Gasteiger partial charge in [-0.25, -0.2) is 8.42 Å². The highest BCUT2D eigenvalue weighted by Gasteiger charge is 2.30. The summed E-state index contributed by atoms with van der Waals surface area (Å²) in [6, 6.07) is 8.00. The van der Waals surface area contributed by atoms with Crippen LogP contribution >= 0.6 is 0 Å². The van der Waals surface area contributed by atoms with Gasteiger partial charge in [0.2, 0.25) is 0 Å². The predicted molar refractivity (Wildman–Crippen MR) is 81.1 cm³/mol. The summed E-state index contributed by atoms with van der Waals surface area (Å²) in [7, 11) is -1.21. The van der Waals surface area contributed by atoms with Gasteiger partial charge in [0.15, 0.2) is 9.84 Å². The third-order valence-electron chi connectivity index (χ3n) is 4.23. The lowest BCUT2D eigenvalue weighted by Gasteiger charge is -2.31. The second-order valence-corrected chi connectivity index (χ2v) is 7.94. The maximum atomic E-state index is 11.8. The van der Waals surface area contributed by atoms with E-state index >= 15 is 0 Å². The Hall–Kier alpha value is -1.07. The Labute approximate surface area is 121 Å². The maximum Gasteiger partial charge on any atom is 0.151 e. The molecular weight excluding hydrogens is 274 g/mol. The largest absolute Gasteiger partial charge is 0.493 e. The molecule has 1 N–H and O–H groups in total. The lowest BCUT2D eigenvalue weighted by atomic mass is 9.87. The van der Waals surface area contributed by atoms with Gasteiger partial charge in [-0.1, -0.05) is 18.2 Å². The van der Waals surface area contributed by atoms with Gasteiger partial charge in [0.25, 0.3) is 0 Å². The molecule has 0 fully saturated rings. The Balaban J connectivity index is 2.17. The lowest BCUT2D eigenvalue weighted by Crippen LogP contribution is -2.41. The monoisotopic (exact) mass is 297 g/mol. The number of hydrogen-bond donors (Lipinski definition) is 1. The van der Waals surface area contributed by atoms with Gasteiger partial charge in [-0.3, -0.25) is 0 Å². The Morgan fingerprint density at radius 1 is 1.40 bits per heavy atom. The number of hydrogen-bond acceptors (Lipinski definition) is 4. The summed E-state index contributed by atoms with van der Waals surface area (Å²) in [5.41, 5.74) is 1.19. The summed E-state index contributed by atoms with van der Waals surface area (Å²) in [4.78, 5) is 0. The first kappa shape index (κ1) is 15.3. The molecule has 3 atom stereocenters. The van der Waals surface area contributed by atoms with Crippen LogP contribution in [-0.4, -0.2) is 39.6 Å². The van der Waals surface area contributed by atoms with Gasteiger partial charge >= 0.3 is 0 Å². The SMILES string of the molecule is CNC(CC1CCOc2ccccc21)C(C)S(C)(=O)=O. The van der Waals surface area contributed by atoms with Crippen molar-refractivity contribution in [2.24, 2.45) is 0 Å². The Morgan fingerprint density at radius 3 is 2.75 bits per heavy atom. The fraction of sp³-hybridized carbons (Fsp3) is 0.600. The summed E-state index contributed by atoms with van der Waals surface area (Å²) in [5.74, 6) is 1.28. The number of nitrogens with one attached hydrogen (secondary N) is 1. The van der Waals surface area contributed by atoms with E-state index < -0.39 is 9.84 Å². The highest BCUT2D eigenvalue weighted by Crippen LogP contribution is 2.36. The first-order chi connectivity index (χ1) is 9.43. The van der Waals surface area contributed by atoms with Crippen LogP contribution in [0, 0.1) is 0 Å². The smallest absolute Gasteiger partial charge is 0.151 e. The summed E-state index contributed by atoms with van der Waals surface area (Å²) in [5, 5.41) is 2.78. The van der Waals surface area contributed by atoms with Gasteiger partial charge in [-0.2, -0.15) is 0 Å². The Morgan fingerprint density at radius 2 is 2.10 bits per heavy atom. The average Bonchev–Trinajstić information content (AvgIpc) is 2.43. The number of benzene rings is 1. The molecule has 0 bridgehead atoms. The van der Waals surface area contributed by atoms with Crippen molar-refractivity contribution in [3.05, 3.63) is 29.8 Å². The highest BCUT2D eigenvalue weighted by atomic mass is 32.2. The molecule has 2 rings (SSSR count). The number of para-hydroxylation sites is 1. The van der Waals surface area contributed by atoms with E-state index in [2.05, 4.69) is 11.4 Å². The Kier molecular flexibility index (Phi) is 4.70. The van der Waals surface area contributed by atoms with Gasteiger partial charge in [0, 0.05) is 12.3 Å². The van der Waals surface area contributed by atoms with E-state index in [1.807, 2.05) is 25.2 Å². The van der Waals surface area contributed by atoms with Crippen molar-refractivity contribution in [1.29, 1.82) is 0 Å². The minimum absolute atomic E-state index is 0.0406. The van der Waals surface area contributed by atoms with E-state index in [1.165, 1.54) is 11.8 Å². The van der Waals surface area contributed by atoms with Crippen molar-refractivity contribution < 1.29 is 13.2 Å². The van der Waals surface area contributed by atoms with E-state index in [4.69, 9.17) is 4.74 Å². The van der Waals surface area contributed by atoms with E-state index in [9.17, 15) is 8.42 Å². The van der Waals surface area contributed by atoms with Crippen LogP contribution in [0.15, 0.2) is 24.3 Å². The molecule has 0 spiro atoms. The standard InChI is InChI=1S/C15H23NO3S/c1-11(20(3,17)18)14(16-2)10-12-8-9-19-15-7-5-4-6-13(12)15/h4-7,11-12,14,16H,8-10H2,1-3H3. The zero-order valence-corrected chi connectivity index (χ0v) is 13.1. The molecule has 0 amide bonds. The number of sulfone groups is 1. The molecule has 0 saturated carbocycles. The van der Waals surface area contributed by atoms with Crippen molar-refractivity contribution in [1.82, 2.24) is 5.32 Å². The number of fused-ring (bicyclic) bond motifs is 1. The van der Waals surface area contributed by atoms with E-state index in [0.717, 1.165) is 18.6 Å². The van der Waals surface area contributed by atoms with Crippen molar-refractivity contribution in [3.8, 4) is 5.75 Å². The second-order valence-electron chi connectivity index (χ2n) is 5.54. The van der Waals surface area contributed by atoms with Crippen LogP contribution in [0.1, 0.15) is 31.2 Å². The predicted octanol–water partition coefficient (Wildman–Crippen LogP) is 1.96. The molecular formula is C15H23NO3S. The van der Waals surface area contributed by atoms with E-state index in [0.29, 0.717) is 12.5 Å². The summed E-state index contributed by atoms with van der Waals surface area (Å²) in [6.45, 7) is 2.48. The van der Waals surface area contributed by atoms with Gasteiger partial charge in [-0.15, -0.1) is 0 Å². The maximum absolute atomic E-state index is 11.8. The zero-order chi connectivity index (χ0) is 14.8. The van der Waals surface area contributed by atoms with Crippen LogP contribution in [0.2, 0.25) is 0 Å². The molecule has 1 aromatic rings. The van der Waals surface area contributed by atoms with Crippen LogP contribution in [-0.2, 0) is 9.84 Å². The molecule has 1 aliphatic heterocycles. The van der Waals surface area contributed by atoms with Crippen molar-refractivity contribution in [3.63, 3.8) is 0 Å². The van der Waals surface area contributed by atoms with Crippen LogP contribution in [0.25, 0.3) is 0 Å². The fourth-order valence-corrected chi connectivity index (χ4v) is 3.65. The number of ether oxygens (including phenoxy) is 1.